The monoisotopic (exact) mass is 284 g/mol. The van der Waals surface area contributed by atoms with Crippen molar-refractivity contribution in [3.05, 3.63) is 4.88 Å². The van der Waals surface area contributed by atoms with Gasteiger partial charge in [-0.15, -0.1) is 0 Å². The molecule has 1 heterocycles. The van der Waals surface area contributed by atoms with Crippen LogP contribution < -0.4 is 16.4 Å². The second kappa shape index (κ2) is 6.21. The number of rotatable bonds is 7. The molecule has 7 heteroatoms. The summed E-state index contributed by atoms with van der Waals surface area (Å²) < 4.78 is 5.06. The lowest BCUT2D eigenvalue weighted by Crippen LogP contribution is -2.37. The third kappa shape index (κ3) is 3.81. The lowest BCUT2D eigenvalue weighted by atomic mass is 10.2. The van der Waals surface area contributed by atoms with Crippen LogP contribution in [-0.2, 0) is 4.74 Å². The molecule has 0 spiro atoms. The number of amides is 1. The van der Waals surface area contributed by atoms with E-state index in [2.05, 4.69) is 15.6 Å². The van der Waals surface area contributed by atoms with E-state index in [1.165, 1.54) is 11.3 Å². The summed E-state index contributed by atoms with van der Waals surface area (Å²) in [6, 6.07) is 0.497. The predicted octanol–water partition coefficient (Wildman–Crippen LogP) is 1.45. The van der Waals surface area contributed by atoms with Crippen LogP contribution in [0.15, 0.2) is 0 Å². The normalized spacial score (nSPS) is 16.1. The molecule has 0 radical (unpaired) electrons. The molecule has 19 heavy (non-hydrogen) atoms. The summed E-state index contributed by atoms with van der Waals surface area (Å²) in [6.45, 7) is 2.49. The average Bonchev–Trinajstić information content (AvgIpc) is 3.11. The Bertz CT molecular complexity index is 445. The Kier molecular flexibility index (Phi) is 4.60. The Morgan fingerprint density at radius 3 is 2.95 bits per heavy atom. The summed E-state index contributed by atoms with van der Waals surface area (Å²) in [4.78, 5) is 16.8. The molecule has 0 aliphatic heterocycles. The molecule has 1 atom stereocenters. The van der Waals surface area contributed by atoms with Gasteiger partial charge in [0.05, 0.1) is 12.6 Å². The average molecular weight is 284 g/mol. The van der Waals surface area contributed by atoms with E-state index in [4.69, 9.17) is 10.5 Å². The van der Waals surface area contributed by atoms with Gasteiger partial charge in [0, 0.05) is 13.2 Å². The molecule has 1 unspecified atom stereocenters. The summed E-state index contributed by atoms with van der Waals surface area (Å²) in [5, 5.41) is 6.88. The number of nitrogens with one attached hydrogen (secondary N) is 2. The maximum atomic E-state index is 12.1. The number of thiazole rings is 1. The molecule has 0 saturated heterocycles. The Balaban J connectivity index is 1.98. The fourth-order valence-electron chi connectivity index (χ4n) is 1.67. The molecular formula is C12H20N4O2S. The van der Waals surface area contributed by atoms with Crippen molar-refractivity contribution >= 4 is 28.2 Å². The van der Waals surface area contributed by atoms with Crippen LogP contribution in [0.5, 0.6) is 0 Å². The molecule has 0 aromatic carbocycles. The van der Waals surface area contributed by atoms with Crippen molar-refractivity contribution in [1.82, 2.24) is 10.3 Å². The Hall–Kier alpha value is -1.34. The van der Waals surface area contributed by atoms with E-state index in [1.54, 1.807) is 7.11 Å². The maximum Gasteiger partial charge on any atom is 0.265 e. The lowest BCUT2D eigenvalue weighted by Gasteiger charge is -2.15. The van der Waals surface area contributed by atoms with Crippen LogP contribution in [0.2, 0.25) is 0 Å². The first-order chi connectivity index (χ1) is 9.13. The topological polar surface area (TPSA) is 89.3 Å². The molecule has 4 N–H and O–H groups in total. The number of nitrogens with two attached hydrogens (primary N) is 1. The van der Waals surface area contributed by atoms with Gasteiger partial charge in [0.2, 0.25) is 0 Å². The van der Waals surface area contributed by atoms with Crippen molar-refractivity contribution < 1.29 is 9.53 Å². The van der Waals surface area contributed by atoms with E-state index in [9.17, 15) is 4.79 Å². The molecule has 0 bridgehead atoms. The number of anilines is 2. The fraction of sp³-hybridized carbons (Fsp3) is 0.667. The van der Waals surface area contributed by atoms with Crippen LogP contribution in [0.4, 0.5) is 10.9 Å². The Morgan fingerprint density at radius 2 is 2.37 bits per heavy atom. The van der Waals surface area contributed by atoms with Crippen LogP contribution in [0.3, 0.4) is 0 Å². The highest BCUT2D eigenvalue weighted by Gasteiger charge is 2.24. The van der Waals surface area contributed by atoms with Gasteiger partial charge in [0.15, 0.2) is 5.13 Å². The fourth-order valence-corrected chi connectivity index (χ4v) is 2.54. The minimum atomic E-state index is -0.178. The molecule has 1 fully saturated rings. The largest absolute Gasteiger partial charge is 0.383 e. The van der Waals surface area contributed by atoms with Crippen molar-refractivity contribution in [2.45, 2.75) is 38.3 Å². The van der Waals surface area contributed by atoms with Gasteiger partial charge in [-0.2, -0.15) is 0 Å². The highest BCUT2D eigenvalue weighted by atomic mass is 32.1. The van der Waals surface area contributed by atoms with E-state index < -0.39 is 0 Å². The van der Waals surface area contributed by atoms with Crippen LogP contribution in [0.25, 0.3) is 0 Å². The molecule has 1 aromatic heterocycles. The number of aromatic nitrogens is 1. The Morgan fingerprint density at radius 1 is 1.63 bits per heavy atom. The zero-order valence-electron chi connectivity index (χ0n) is 11.2. The van der Waals surface area contributed by atoms with Gasteiger partial charge in [-0.1, -0.05) is 18.3 Å². The molecule has 1 aliphatic rings. The first-order valence-corrected chi connectivity index (χ1v) is 7.28. The summed E-state index contributed by atoms with van der Waals surface area (Å²) in [5.41, 5.74) is 5.80. The van der Waals surface area contributed by atoms with Crippen molar-refractivity contribution in [2.24, 2.45) is 0 Å². The number of carbonyl (C=O) groups is 1. The molecule has 1 aliphatic carbocycles. The summed E-state index contributed by atoms with van der Waals surface area (Å²) >= 11 is 1.31. The molecule has 1 saturated carbocycles. The van der Waals surface area contributed by atoms with Crippen LogP contribution >= 0.6 is 11.3 Å². The third-order valence-electron chi connectivity index (χ3n) is 2.96. The maximum absolute atomic E-state index is 12.1. The lowest BCUT2D eigenvalue weighted by molar-refractivity contribution is 0.0899. The third-order valence-corrected chi connectivity index (χ3v) is 3.96. The number of hydrogen-bond donors (Lipinski definition) is 3. The minimum absolute atomic E-state index is 0.00107. The van der Waals surface area contributed by atoms with Crippen molar-refractivity contribution in [3.63, 3.8) is 0 Å². The number of nitrogens with zero attached hydrogens (tertiary/aromatic N) is 1. The first-order valence-electron chi connectivity index (χ1n) is 6.46. The van der Waals surface area contributed by atoms with Gasteiger partial charge in [0.1, 0.15) is 10.7 Å². The standard InChI is InChI=1S/C12H20N4O2S/c1-3-7(6-18-2)14-11(17)9-10(13)16-12(19-9)15-8-4-5-8/h7-8H,3-6,13H2,1-2H3,(H,14,17)(H,15,16). The van der Waals surface area contributed by atoms with Gasteiger partial charge in [0.25, 0.3) is 5.91 Å². The van der Waals surface area contributed by atoms with E-state index in [0.717, 1.165) is 24.4 Å². The number of hydrogen-bond acceptors (Lipinski definition) is 6. The van der Waals surface area contributed by atoms with Crippen molar-refractivity contribution in [3.8, 4) is 0 Å². The molecular weight excluding hydrogens is 264 g/mol. The highest BCUT2D eigenvalue weighted by Crippen LogP contribution is 2.30. The van der Waals surface area contributed by atoms with Gasteiger partial charge in [-0.05, 0) is 19.3 Å². The first kappa shape index (κ1) is 14.1. The van der Waals surface area contributed by atoms with E-state index >= 15 is 0 Å². The number of nitrogen functional groups attached to an aromatic ring is 1. The van der Waals surface area contributed by atoms with Gasteiger partial charge >= 0.3 is 0 Å². The quantitative estimate of drug-likeness (QED) is 0.705. The molecule has 6 nitrogen and oxygen atoms in total. The zero-order valence-corrected chi connectivity index (χ0v) is 12.0. The van der Waals surface area contributed by atoms with E-state index in [-0.39, 0.29) is 17.8 Å². The highest BCUT2D eigenvalue weighted by molar-refractivity contribution is 7.18. The molecule has 1 amide bonds. The van der Waals surface area contributed by atoms with Crippen LogP contribution in [-0.4, -0.2) is 36.7 Å². The minimum Gasteiger partial charge on any atom is -0.383 e. The van der Waals surface area contributed by atoms with Gasteiger partial charge in [-0.3, -0.25) is 4.79 Å². The SMILES string of the molecule is CCC(COC)NC(=O)c1sc(NC2CC2)nc1N. The predicted molar refractivity (Wildman–Crippen MR) is 76.6 cm³/mol. The molecule has 2 rings (SSSR count). The van der Waals surface area contributed by atoms with Crippen LogP contribution in [0, 0.1) is 0 Å². The van der Waals surface area contributed by atoms with E-state index in [0.29, 0.717) is 17.5 Å². The number of carbonyl (C=O) groups excluding carboxylic acids is 1. The van der Waals surface area contributed by atoms with Crippen LogP contribution in [0.1, 0.15) is 35.9 Å². The number of methoxy groups -OCH3 is 1. The van der Waals surface area contributed by atoms with Gasteiger partial charge in [-0.25, -0.2) is 4.98 Å². The van der Waals surface area contributed by atoms with Crippen molar-refractivity contribution in [1.29, 1.82) is 0 Å². The van der Waals surface area contributed by atoms with Gasteiger partial charge < -0.3 is 21.1 Å². The zero-order chi connectivity index (χ0) is 13.8. The Labute approximate surface area is 116 Å². The van der Waals surface area contributed by atoms with E-state index in [1.807, 2.05) is 6.92 Å². The molecule has 106 valence electrons. The summed E-state index contributed by atoms with van der Waals surface area (Å²) in [7, 11) is 1.62. The second-order valence-electron chi connectivity index (χ2n) is 4.69. The molecule has 1 aromatic rings. The van der Waals surface area contributed by atoms with Crippen molar-refractivity contribution in [2.75, 3.05) is 24.8 Å². The summed E-state index contributed by atoms with van der Waals surface area (Å²) in [5.74, 6) is 0.112. The second-order valence-corrected chi connectivity index (χ2v) is 5.69. The smallest absolute Gasteiger partial charge is 0.265 e. The number of ether oxygens (including phenoxy) is 1. The summed E-state index contributed by atoms with van der Waals surface area (Å²) in [6.07, 6.45) is 3.13.